The number of hydrazone groups is 1. The van der Waals surface area contributed by atoms with Gasteiger partial charge in [-0.25, -0.2) is 5.43 Å². The molecule has 2 aromatic rings. The fourth-order valence-electron chi connectivity index (χ4n) is 1.29. The summed E-state index contributed by atoms with van der Waals surface area (Å²) in [5.74, 6) is 0.116. The molecule has 98 valence electrons. The molecule has 1 N–H and O–H groups in total. The molecule has 0 fully saturated rings. The molecule has 0 saturated carbocycles. The Bertz CT molecular complexity index is 621. The zero-order valence-electron chi connectivity index (χ0n) is 9.36. The van der Waals surface area contributed by atoms with Crippen LogP contribution in [0.3, 0.4) is 0 Å². The van der Waals surface area contributed by atoms with E-state index in [1.54, 1.807) is 30.3 Å². The Hall–Kier alpha value is -1.11. The fraction of sp³-hybridized carbons (Fsp3) is 0. The molecule has 0 saturated heterocycles. The van der Waals surface area contributed by atoms with Crippen molar-refractivity contribution in [3.8, 4) is 0 Å². The number of benzene rings is 1. The number of carbonyl (C=O) groups excluding carboxylic acids is 1. The number of nitrogens with zero attached hydrogens (tertiary/aromatic N) is 1. The van der Waals surface area contributed by atoms with E-state index in [4.69, 9.17) is 16.0 Å². The molecule has 1 heterocycles. The first kappa shape index (κ1) is 14.3. The van der Waals surface area contributed by atoms with Crippen LogP contribution in [0.1, 0.15) is 16.1 Å². The second-order valence-corrected chi connectivity index (χ2v) is 5.43. The highest BCUT2D eigenvalue weighted by molar-refractivity contribution is 9.13. The molecule has 0 atom stereocenters. The van der Waals surface area contributed by atoms with Gasteiger partial charge in [0.1, 0.15) is 5.76 Å². The summed E-state index contributed by atoms with van der Waals surface area (Å²) in [7, 11) is 0. The maximum atomic E-state index is 11.8. The third kappa shape index (κ3) is 3.68. The van der Waals surface area contributed by atoms with Crippen molar-refractivity contribution in [2.75, 3.05) is 0 Å². The molecule has 0 radical (unpaired) electrons. The number of amides is 1. The lowest BCUT2D eigenvalue weighted by molar-refractivity contribution is 0.0955. The minimum absolute atomic E-state index is 0.364. The normalized spacial score (nSPS) is 10.9. The molecular formula is C12H7Br2ClN2O2. The largest absolute Gasteiger partial charge is 0.447 e. The van der Waals surface area contributed by atoms with Crippen molar-refractivity contribution >= 4 is 55.6 Å². The average Bonchev–Trinajstić information content (AvgIpc) is 2.69. The standard InChI is InChI=1S/C12H7Br2ClN2O2/c13-9-5-7(19-11(9)14)6-16-17-12(18)8-3-1-2-4-10(8)15/h1-6H,(H,17,18)/b16-6-. The maximum absolute atomic E-state index is 11.8. The van der Waals surface area contributed by atoms with E-state index >= 15 is 0 Å². The summed E-state index contributed by atoms with van der Waals surface area (Å²) in [5, 5.41) is 4.17. The molecule has 2 rings (SSSR count). The summed E-state index contributed by atoms with van der Waals surface area (Å²) in [5.41, 5.74) is 2.74. The van der Waals surface area contributed by atoms with Gasteiger partial charge < -0.3 is 4.42 Å². The van der Waals surface area contributed by atoms with Crippen LogP contribution in [0.25, 0.3) is 0 Å². The summed E-state index contributed by atoms with van der Waals surface area (Å²) in [4.78, 5) is 11.8. The first-order valence-corrected chi connectivity index (χ1v) is 7.07. The van der Waals surface area contributed by atoms with Crippen molar-refractivity contribution in [3.05, 3.63) is 55.8 Å². The Morgan fingerprint density at radius 1 is 1.37 bits per heavy atom. The second-order valence-electron chi connectivity index (χ2n) is 3.45. The van der Waals surface area contributed by atoms with Crippen LogP contribution >= 0.6 is 43.5 Å². The van der Waals surface area contributed by atoms with Crippen LogP contribution < -0.4 is 5.43 Å². The third-order valence-electron chi connectivity index (χ3n) is 2.14. The Morgan fingerprint density at radius 3 is 2.74 bits per heavy atom. The van der Waals surface area contributed by atoms with E-state index in [1.165, 1.54) is 6.21 Å². The summed E-state index contributed by atoms with van der Waals surface area (Å²) < 4.78 is 6.60. The smallest absolute Gasteiger partial charge is 0.272 e. The molecule has 0 aliphatic heterocycles. The number of hydrogen-bond acceptors (Lipinski definition) is 3. The third-order valence-corrected chi connectivity index (χ3v) is 4.18. The zero-order valence-corrected chi connectivity index (χ0v) is 13.3. The van der Waals surface area contributed by atoms with Crippen LogP contribution in [0.5, 0.6) is 0 Å². The molecule has 19 heavy (non-hydrogen) atoms. The quantitative estimate of drug-likeness (QED) is 0.613. The number of furan rings is 1. The summed E-state index contributed by atoms with van der Waals surface area (Å²) in [6, 6.07) is 8.45. The van der Waals surface area contributed by atoms with Crippen LogP contribution in [0.4, 0.5) is 0 Å². The lowest BCUT2D eigenvalue weighted by atomic mass is 10.2. The minimum atomic E-state index is -0.383. The number of hydrogen-bond donors (Lipinski definition) is 1. The van der Waals surface area contributed by atoms with Gasteiger partial charge in [-0.1, -0.05) is 23.7 Å². The average molecular weight is 406 g/mol. The molecule has 0 spiro atoms. The number of carbonyl (C=O) groups is 1. The SMILES string of the molecule is O=C(N/N=C\c1cc(Br)c(Br)o1)c1ccccc1Cl. The molecule has 0 aliphatic carbocycles. The van der Waals surface area contributed by atoms with E-state index in [1.807, 2.05) is 0 Å². The second kappa shape index (κ2) is 6.36. The Labute approximate surface area is 131 Å². The van der Waals surface area contributed by atoms with Crippen molar-refractivity contribution in [1.29, 1.82) is 0 Å². The van der Waals surface area contributed by atoms with Gasteiger partial charge in [0.05, 0.1) is 21.3 Å². The molecule has 1 aromatic heterocycles. The minimum Gasteiger partial charge on any atom is -0.447 e. The highest BCUT2D eigenvalue weighted by Crippen LogP contribution is 2.25. The monoisotopic (exact) mass is 404 g/mol. The van der Waals surface area contributed by atoms with E-state index in [2.05, 4.69) is 42.4 Å². The van der Waals surface area contributed by atoms with Gasteiger partial charge in [-0.05, 0) is 44.0 Å². The fourth-order valence-corrected chi connectivity index (χ4v) is 2.12. The first-order chi connectivity index (χ1) is 9.08. The zero-order chi connectivity index (χ0) is 13.8. The van der Waals surface area contributed by atoms with E-state index in [-0.39, 0.29) is 5.91 Å². The van der Waals surface area contributed by atoms with Crippen LogP contribution in [0, 0.1) is 0 Å². The lowest BCUT2D eigenvalue weighted by Crippen LogP contribution is -2.17. The van der Waals surface area contributed by atoms with Gasteiger partial charge in [0.2, 0.25) is 0 Å². The van der Waals surface area contributed by atoms with Crippen LogP contribution in [-0.2, 0) is 0 Å². The van der Waals surface area contributed by atoms with Gasteiger partial charge >= 0.3 is 0 Å². The predicted molar refractivity (Wildman–Crippen MR) is 80.6 cm³/mol. The molecule has 0 unspecified atom stereocenters. The van der Waals surface area contributed by atoms with Crippen LogP contribution in [-0.4, -0.2) is 12.1 Å². The van der Waals surface area contributed by atoms with Gasteiger partial charge in [0.15, 0.2) is 4.67 Å². The number of rotatable bonds is 3. The summed E-state index contributed by atoms with van der Waals surface area (Å²) in [6.07, 6.45) is 1.39. The van der Waals surface area contributed by atoms with Gasteiger partial charge in [-0.15, -0.1) is 0 Å². The van der Waals surface area contributed by atoms with E-state index in [0.29, 0.717) is 21.0 Å². The van der Waals surface area contributed by atoms with Crippen molar-refractivity contribution < 1.29 is 9.21 Å². The van der Waals surface area contributed by atoms with Gasteiger partial charge in [0, 0.05) is 6.07 Å². The maximum Gasteiger partial charge on any atom is 0.272 e. The Morgan fingerprint density at radius 2 is 2.11 bits per heavy atom. The molecule has 0 bridgehead atoms. The lowest BCUT2D eigenvalue weighted by Gasteiger charge is -2.00. The van der Waals surface area contributed by atoms with E-state index in [9.17, 15) is 4.79 Å². The van der Waals surface area contributed by atoms with Gasteiger partial charge in [-0.2, -0.15) is 5.10 Å². The molecule has 7 heteroatoms. The first-order valence-electron chi connectivity index (χ1n) is 5.10. The highest BCUT2D eigenvalue weighted by atomic mass is 79.9. The number of nitrogens with one attached hydrogen (secondary N) is 1. The molecule has 1 amide bonds. The van der Waals surface area contributed by atoms with Crippen LogP contribution in [0.15, 0.2) is 49.0 Å². The molecule has 1 aromatic carbocycles. The van der Waals surface area contributed by atoms with Crippen molar-refractivity contribution in [2.45, 2.75) is 0 Å². The van der Waals surface area contributed by atoms with E-state index in [0.717, 1.165) is 4.47 Å². The topological polar surface area (TPSA) is 54.6 Å². The molecule has 0 aliphatic rings. The Balaban J connectivity index is 2.03. The van der Waals surface area contributed by atoms with Crippen molar-refractivity contribution in [1.82, 2.24) is 5.43 Å². The van der Waals surface area contributed by atoms with Crippen molar-refractivity contribution in [2.24, 2.45) is 5.10 Å². The molecule has 4 nitrogen and oxygen atoms in total. The van der Waals surface area contributed by atoms with Gasteiger partial charge in [0.25, 0.3) is 5.91 Å². The van der Waals surface area contributed by atoms with E-state index < -0.39 is 0 Å². The number of halogens is 3. The van der Waals surface area contributed by atoms with Gasteiger partial charge in [-0.3, -0.25) is 4.79 Å². The Kier molecular flexibility index (Phi) is 4.79. The highest BCUT2D eigenvalue weighted by Gasteiger charge is 2.08. The molecular weight excluding hydrogens is 399 g/mol. The summed E-state index contributed by atoms with van der Waals surface area (Å²) in [6.45, 7) is 0. The van der Waals surface area contributed by atoms with Crippen molar-refractivity contribution in [3.63, 3.8) is 0 Å². The predicted octanol–water partition coefficient (Wildman–Crippen LogP) is 4.22. The van der Waals surface area contributed by atoms with Crippen LogP contribution in [0.2, 0.25) is 5.02 Å². The summed E-state index contributed by atoms with van der Waals surface area (Å²) >= 11 is 12.4.